The fourth-order valence-corrected chi connectivity index (χ4v) is 3.47. The number of aromatic nitrogens is 1. The zero-order chi connectivity index (χ0) is 23.4. The van der Waals surface area contributed by atoms with Crippen LogP contribution in [0.15, 0.2) is 83.4 Å². The second-order valence-electron chi connectivity index (χ2n) is 6.47. The van der Waals surface area contributed by atoms with Gasteiger partial charge in [-0.1, -0.05) is 42.5 Å². The normalized spacial score (nSPS) is 15.6. The van der Waals surface area contributed by atoms with Gasteiger partial charge in [-0.15, -0.1) is 0 Å². The molecular formula is C25H19NO. The number of furan rings is 1. The van der Waals surface area contributed by atoms with Crippen molar-refractivity contribution in [2.24, 2.45) is 0 Å². The first kappa shape index (κ1) is 10.7. The Morgan fingerprint density at radius 2 is 1.78 bits per heavy atom. The Kier molecular flexibility index (Phi) is 2.41. The lowest BCUT2D eigenvalue weighted by atomic mass is 9.99. The molecule has 0 unspecified atom stereocenters. The highest BCUT2D eigenvalue weighted by Gasteiger charge is 2.15. The summed E-state index contributed by atoms with van der Waals surface area (Å²) in [4.78, 5) is 4.35. The number of benzene rings is 3. The molecule has 0 saturated heterocycles. The third-order valence-electron chi connectivity index (χ3n) is 4.76. The summed E-state index contributed by atoms with van der Waals surface area (Å²) in [6.07, 6.45) is 1.44. The minimum atomic E-state index is -2.35. The van der Waals surface area contributed by atoms with Crippen molar-refractivity contribution in [2.75, 3.05) is 0 Å². The van der Waals surface area contributed by atoms with Crippen molar-refractivity contribution in [2.45, 2.75) is 13.7 Å². The fourth-order valence-electron chi connectivity index (χ4n) is 3.47. The minimum absolute atomic E-state index is 0.156. The summed E-state index contributed by atoms with van der Waals surface area (Å²) >= 11 is 0. The molecule has 2 nitrogen and oxygen atoms in total. The Bertz CT molecular complexity index is 1480. The molecule has 0 aliphatic carbocycles. The summed E-state index contributed by atoms with van der Waals surface area (Å²) in [6, 6.07) is 21.7. The van der Waals surface area contributed by atoms with Crippen molar-refractivity contribution in [3.8, 4) is 22.4 Å². The largest absolute Gasteiger partial charge is 0.455 e. The number of hydrogen-bond donors (Lipinski definition) is 0. The number of nitrogens with zero attached hydrogens (tertiary/aromatic N) is 1. The first-order chi connectivity index (χ1) is 15.6. The van der Waals surface area contributed by atoms with Crippen molar-refractivity contribution in [3.05, 3.63) is 90.1 Å². The summed E-state index contributed by atoms with van der Waals surface area (Å²) in [5.74, 6) is 0. The predicted molar refractivity (Wildman–Crippen MR) is 112 cm³/mol. The molecule has 0 aliphatic rings. The number of rotatable bonds is 2. The van der Waals surface area contributed by atoms with E-state index in [4.69, 9.17) is 12.6 Å². The number of fused-ring (bicyclic) bond motifs is 3. The first-order valence-corrected chi connectivity index (χ1v) is 8.65. The summed E-state index contributed by atoms with van der Waals surface area (Å²) in [5, 5.41) is 1.17. The highest BCUT2D eigenvalue weighted by atomic mass is 16.3. The molecule has 0 N–H and O–H groups in total. The maximum Gasteiger partial charge on any atom is 0.145 e. The van der Waals surface area contributed by atoms with Gasteiger partial charge in [0.05, 0.1) is 5.69 Å². The van der Waals surface area contributed by atoms with Gasteiger partial charge in [-0.05, 0) is 66.3 Å². The van der Waals surface area contributed by atoms with Gasteiger partial charge in [0, 0.05) is 30.8 Å². The van der Waals surface area contributed by atoms with E-state index in [0.29, 0.717) is 33.2 Å². The fraction of sp³-hybridized carbons (Fsp3) is 0.0800. The van der Waals surface area contributed by atoms with Crippen LogP contribution < -0.4 is 0 Å². The summed E-state index contributed by atoms with van der Waals surface area (Å²) < 4.78 is 53.5. The molecule has 0 fully saturated rings. The predicted octanol–water partition coefficient (Wildman–Crippen LogP) is 6.93. The highest BCUT2D eigenvalue weighted by Crippen LogP contribution is 2.38. The molecule has 5 aromatic rings. The van der Waals surface area contributed by atoms with Crippen LogP contribution >= 0.6 is 0 Å². The van der Waals surface area contributed by atoms with Gasteiger partial charge in [-0.2, -0.15) is 0 Å². The molecule has 0 spiro atoms. The van der Waals surface area contributed by atoms with E-state index < -0.39 is 13.7 Å². The summed E-state index contributed by atoms with van der Waals surface area (Å²) in [7, 11) is 0. The Labute approximate surface area is 166 Å². The van der Waals surface area contributed by atoms with Crippen LogP contribution in [0.5, 0.6) is 0 Å². The van der Waals surface area contributed by atoms with Crippen LogP contribution in [0.25, 0.3) is 44.3 Å². The van der Waals surface area contributed by atoms with Gasteiger partial charge < -0.3 is 4.42 Å². The quantitative estimate of drug-likeness (QED) is 0.343. The van der Waals surface area contributed by atoms with Gasteiger partial charge >= 0.3 is 0 Å². The molecular weight excluding hydrogens is 330 g/mol. The topological polar surface area (TPSA) is 26.0 Å². The third kappa shape index (κ3) is 2.61. The Morgan fingerprint density at radius 3 is 2.63 bits per heavy atom. The van der Waals surface area contributed by atoms with Crippen LogP contribution in [-0.2, 0) is 0 Å². The molecule has 5 rings (SSSR count). The molecule has 3 aromatic carbocycles. The van der Waals surface area contributed by atoms with E-state index in [9.17, 15) is 0 Å². The molecule has 0 atom stereocenters. The van der Waals surface area contributed by atoms with Crippen molar-refractivity contribution in [3.63, 3.8) is 0 Å². The maximum atomic E-state index is 8.04. The molecule has 0 radical (unpaired) electrons. The van der Waals surface area contributed by atoms with E-state index in [1.165, 1.54) is 18.3 Å². The van der Waals surface area contributed by atoms with Crippen LogP contribution in [0.2, 0.25) is 0 Å². The van der Waals surface area contributed by atoms with Gasteiger partial charge in [0.1, 0.15) is 11.2 Å². The summed E-state index contributed by atoms with van der Waals surface area (Å²) in [5.41, 5.74) is 4.18. The Hall–Kier alpha value is -3.39. The lowest BCUT2D eigenvalue weighted by Crippen LogP contribution is -1.86. The lowest BCUT2D eigenvalue weighted by molar-refractivity contribution is 0.670. The molecule has 130 valence electrons. The van der Waals surface area contributed by atoms with Crippen molar-refractivity contribution in [1.29, 1.82) is 0 Å². The lowest BCUT2D eigenvalue weighted by Gasteiger charge is -2.04. The molecule has 2 heterocycles. The molecule has 2 aromatic heterocycles. The third-order valence-corrected chi connectivity index (χ3v) is 4.76. The maximum absolute atomic E-state index is 8.04. The second kappa shape index (κ2) is 6.10. The van der Waals surface area contributed by atoms with Gasteiger partial charge in [0.15, 0.2) is 0 Å². The Morgan fingerprint density at radius 1 is 0.852 bits per heavy atom. The van der Waals surface area contributed by atoms with Crippen molar-refractivity contribution < 1.29 is 12.6 Å². The van der Waals surface area contributed by atoms with Crippen LogP contribution in [0, 0.1) is 13.7 Å². The second-order valence-corrected chi connectivity index (χ2v) is 6.47. The van der Waals surface area contributed by atoms with Crippen LogP contribution in [0.1, 0.15) is 19.4 Å². The van der Waals surface area contributed by atoms with Gasteiger partial charge in [0.25, 0.3) is 0 Å². The monoisotopic (exact) mass is 355 g/mol. The molecule has 0 saturated carbocycles. The molecule has 0 bridgehead atoms. The number of hydrogen-bond acceptors (Lipinski definition) is 2. The minimum Gasteiger partial charge on any atom is -0.455 e. The summed E-state index contributed by atoms with van der Waals surface area (Å²) in [6.45, 7) is -4.63. The van der Waals surface area contributed by atoms with E-state index >= 15 is 0 Å². The average molecular weight is 355 g/mol. The smallest absolute Gasteiger partial charge is 0.145 e. The van der Waals surface area contributed by atoms with Crippen molar-refractivity contribution in [1.82, 2.24) is 4.98 Å². The van der Waals surface area contributed by atoms with E-state index in [2.05, 4.69) is 4.98 Å². The van der Waals surface area contributed by atoms with E-state index in [1.807, 2.05) is 48.5 Å². The van der Waals surface area contributed by atoms with E-state index in [1.54, 1.807) is 12.1 Å². The first-order valence-electron chi connectivity index (χ1n) is 11.6. The van der Waals surface area contributed by atoms with Gasteiger partial charge in [0.2, 0.25) is 0 Å². The van der Waals surface area contributed by atoms with Crippen LogP contribution in [0.4, 0.5) is 0 Å². The number of pyridine rings is 1. The SMILES string of the molecule is [2H]C([2H])([2H])c1ccnc(-c2ccc(C([2H])([2H])[2H])c3c2oc2cc(-c4ccccc4)ccc23)c1. The van der Waals surface area contributed by atoms with E-state index in [0.717, 1.165) is 11.1 Å². The van der Waals surface area contributed by atoms with Gasteiger partial charge in [-0.3, -0.25) is 4.98 Å². The van der Waals surface area contributed by atoms with E-state index in [-0.39, 0.29) is 11.1 Å². The number of aryl methyl sites for hydroxylation is 2. The zero-order valence-corrected chi connectivity index (χ0v) is 14.4. The molecule has 0 amide bonds. The Balaban J connectivity index is 1.80. The van der Waals surface area contributed by atoms with Crippen molar-refractivity contribution >= 4 is 21.9 Å². The molecule has 0 aliphatic heterocycles. The molecule has 27 heavy (non-hydrogen) atoms. The average Bonchev–Trinajstić information content (AvgIpc) is 3.16. The standard InChI is InChI=1S/C25H19NO/c1-16-12-13-26-22(14-16)20-10-8-17(2)24-21-11-9-19(15-23(21)27-25(20)24)18-6-4-3-5-7-18/h3-15H,1-2H3/i1D3,2D3. The molecule has 2 heteroatoms. The highest BCUT2D eigenvalue weighted by molar-refractivity contribution is 6.11. The van der Waals surface area contributed by atoms with Crippen LogP contribution in [0.3, 0.4) is 0 Å². The van der Waals surface area contributed by atoms with Crippen LogP contribution in [-0.4, -0.2) is 4.98 Å². The van der Waals surface area contributed by atoms with Gasteiger partial charge in [-0.25, -0.2) is 0 Å². The zero-order valence-electron chi connectivity index (χ0n) is 20.4.